The van der Waals surface area contributed by atoms with Crippen molar-refractivity contribution in [1.29, 1.82) is 0 Å². The molecule has 1 rings (SSSR count). The van der Waals surface area contributed by atoms with E-state index in [0.29, 0.717) is 0 Å². The summed E-state index contributed by atoms with van der Waals surface area (Å²) in [5.41, 5.74) is 0.827. The Labute approximate surface area is 111 Å². The van der Waals surface area contributed by atoms with Gasteiger partial charge in [-0.05, 0) is 12.0 Å². The highest BCUT2D eigenvalue weighted by molar-refractivity contribution is 5.79. The van der Waals surface area contributed by atoms with Gasteiger partial charge in [0.05, 0.1) is 0 Å². The van der Waals surface area contributed by atoms with Gasteiger partial charge in [-0.3, -0.25) is 0 Å². The van der Waals surface area contributed by atoms with Crippen LogP contribution in [0.15, 0.2) is 30.3 Å². The minimum Gasteiger partial charge on any atom is -0.480 e. The summed E-state index contributed by atoms with van der Waals surface area (Å²) in [5, 5.41) is 11.2. The van der Waals surface area contributed by atoms with Crippen LogP contribution in [0.5, 0.6) is 0 Å². The molecule has 100 valence electrons. The van der Waals surface area contributed by atoms with Gasteiger partial charge in [0, 0.05) is 6.42 Å². The van der Waals surface area contributed by atoms with Gasteiger partial charge in [-0.1, -0.05) is 30.3 Å². The first kappa shape index (κ1) is 14.6. The Morgan fingerprint density at radius 2 is 2.05 bits per heavy atom. The van der Waals surface area contributed by atoms with E-state index in [2.05, 4.69) is 11.2 Å². The van der Waals surface area contributed by atoms with Crippen molar-refractivity contribution in [2.45, 2.75) is 25.5 Å². The monoisotopic (exact) mass is 261 g/mol. The topological polar surface area (TPSA) is 75.6 Å². The van der Waals surface area contributed by atoms with E-state index >= 15 is 0 Å². The highest BCUT2D eigenvalue weighted by atomic mass is 16.5. The largest absolute Gasteiger partial charge is 0.480 e. The third kappa shape index (κ3) is 5.59. The van der Waals surface area contributed by atoms with Gasteiger partial charge < -0.3 is 15.2 Å². The first-order valence-corrected chi connectivity index (χ1v) is 5.77. The van der Waals surface area contributed by atoms with Crippen LogP contribution in [0.2, 0.25) is 0 Å². The van der Waals surface area contributed by atoms with E-state index in [1.165, 1.54) is 0 Å². The molecule has 0 radical (unpaired) electrons. The minimum absolute atomic E-state index is 0.0914. The fourth-order valence-electron chi connectivity index (χ4n) is 1.39. The van der Waals surface area contributed by atoms with Crippen LogP contribution in [0.1, 0.15) is 18.4 Å². The highest BCUT2D eigenvalue weighted by Crippen LogP contribution is 2.02. The fourth-order valence-corrected chi connectivity index (χ4v) is 1.39. The molecule has 0 aliphatic heterocycles. The van der Waals surface area contributed by atoms with Gasteiger partial charge in [-0.25, -0.2) is 9.59 Å². The number of rotatable bonds is 6. The van der Waals surface area contributed by atoms with Crippen molar-refractivity contribution in [3.63, 3.8) is 0 Å². The molecule has 0 heterocycles. The molecule has 5 nitrogen and oxygen atoms in total. The van der Waals surface area contributed by atoms with E-state index in [1.54, 1.807) is 12.1 Å². The Morgan fingerprint density at radius 3 is 2.63 bits per heavy atom. The molecule has 1 aromatic carbocycles. The number of benzene rings is 1. The van der Waals surface area contributed by atoms with Gasteiger partial charge >= 0.3 is 12.1 Å². The maximum Gasteiger partial charge on any atom is 0.408 e. The van der Waals surface area contributed by atoms with Gasteiger partial charge in [0.25, 0.3) is 0 Å². The third-order valence-corrected chi connectivity index (χ3v) is 2.38. The van der Waals surface area contributed by atoms with Crippen LogP contribution in [0.3, 0.4) is 0 Å². The van der Waals surface area contributed by atoms with Crippen LogP contribution < -0.4 is 5.32 Å². The average Bonchev–Trinajstić information content (AvgIpc) is 2.42. The minimum atomic E-state index is -1.13. The maximum atomic E-state index is 11.4. The molecule has 0 bridgehead atoms. The van der Waals surface area contributed by atoms with Crippen molar-refractivity contribution in [1.82, 2.24) is 5.32 Å². The average molecular weight is 261 g/mol. The summed E-state index contributed by atoms with van der Waals surface area (Å²) >= 11 is 0. The molecule has 19 heavy (non-hydrogen) atoms. The number of terminal acetylenes is 1. The van der Waals surface area contributed by atoms with Gasteiger partial charge in [0.15, 0.2) is 0 Å². The number of carbonyl (C=O) groups is 2. The van der Waals surface area contributed by atoms with E-state index < -0.39 is 18.1 Å². The van der Waals surface area contributed by atoms with E-state index in [-0.39, 0.29) is 19.4 Å². The number of amides is 1. The summed E-state index contributed by atoms with van der Waals surface area (Å²) in [7, 11) is 0. The molecule has 0 spiro atoms. The molecule has 1 aromatic rings. The van der Waals surface area contributed by atoms with Gasteiger partial charge in [-0.2, -0.15) is 0 Å². The van der Waals surface area contributed by atoms with E-state index in [4.69, 9.17) is 16.3 Å². The van der Waals surface area contributed by atoms with Crippen LogP contribution in [0.4, 0.5) is 4.79 Å². The Kier molecular flexibility index (Phi) is 5.96. The van der Waals surface area contributed by atoms with Gasteiger partial charge in [0.1, 0.15) is 12.6 Å². The smallest absolute Gasteiger partial charge is 0.408 e. The second-order valence-electron chi connectivity index (χ2n) is 3.84. The number of carbonyl (C=O) groups excluding carboxylic acids is 1. The molecule has 1 amide bonds. The summed E-state index contributed by atoms with van der Waals surface area (Å²) in [5.74, 6) is 1.20. The first-order chi connectivity index (χ1) is 9.13. The van der Waals surface area contributed by atoms with Crippen molar-refractivity contribution < 1.29 is 19.4 Å². The molecular weight excluding hydrogens is 246 g/mol. The van der Waals surface area contributed by atoms with Crippen LogP contribution in [-0.2, 0) is 16.1 Å². The molecule has 0 unspecified atom stereocenters. The Bertz CT molecular complexity index is 464. The maximum absolute atomic E-state index is 11.4. The molecule has 0 saturated carbocycles. The third-order valence-electron chi connectivity index (χ3n) is 2.38. The lowest BCUT2D eigenvalue weighted by atomic mass is 10.1. The lowest BCUT2D eigenvalue weighted by molar-refractivity contribution is -0.139. The normalized spacial score (nSPS) is 11.1. The zero-order valence-electron chi connectivity index (χ0n) is 10.3. The van der Waals surface area contributed by atoms with Crippen LogP contribution in [-0.4, -0.2) is 23.2 Å². The second-order valence-corrected chi connectivity index (χ2v) is 3.84. The Balaban J connectivity index is 2.40. The van der Waals surface area contributed by atoms with Crippen molar-refractivity contribution in [2.24, 2.45) is 0 Å². The van der Waals surface area contributed by atoms with Crippen molar-refractivity contribution in [3.8, 4) is 12.3 Å². The number of carboxylic acid groups (broad SMARTS) is 1. The summed E-state index contributed by atoms with van der Waals surface area (Å²) in [6.07, 6.45) is 4.73. The zero-order chi connectivity index (χ0) is 14.1. The number of hydrogen-bond donors (Lipinski definition) is 2. The summed E-state index contributed by atoms with van der Waals surface area (Å²) in [4.78, 5) is 22.3. The lowest BCUT2D eigenvalue weighted by Crippen LogP contribution is -2.40. The molecule has 0 saturated heterocycles. The SMILES string of the molecule is C#CCC[C@@H](NC(=O)OCc1ccccc1)C(=O)O. The summed E-state index contributed by atoms with van der Waals surface area (Å²) < 4.78 is 4.92. The number of alkyl carbamates (subject to hydrolysis) is 1. The predicted octanol–water partition coefficient (Wildman–Crippen LogP) is 1.78. The Hall–Kier alpha value is -2.48. The van der Waals surface area contributed by atoms with Crippen molar-refractivity contribution in [2.75, 3.05) is 0 Å². The molecule has 0 aliphatic carbocycles. The van der Waals surface area contributed by atoms with Crippen LogP contribution >= 0.6 is 0 Å². The first-order valence-electron chi connectivity index (χ1n) is 5.77. The van der Waals surface area contributed by atoms with Gasteiger partial charge in [-0.15, -0.1) is 12.3 Å². The zero-order valence-corrected chi connectivity index (χ0v) is 10.3. The number of carboxylic acids is 1. The molecule has 0 aliphatic rings. The second kappa shape index (κ2) is 7.77. The number of nitrogens with one attached hydrogen (secondary N) is 1. The molecule has 5 heteroatoms. The molecular formula is C14H15NO4. The van der Waals surface area contributed by atoms with E-state index in [9.17, 15) is 9.59 Å². The standard InChI is InChI=1S/C14H15NO4/c1-2-3-9-12(13(16)17)15-14(18)19-10-11-7-5-4-6-8-11/h1,4-8,12H,3,9-10H2,(H,15,18)(H,16,17)/t12-/m1/s1. The van der Waals surface area contributed by atoms with E-state index in [1.807, 2.05) is 18.2 Å². The van der Waals surface area contributed by atoms with E-state index in [0.717, 1.165) is 5.56 Å². The predicted molar refractivity (Wildman–Crippen MR) is 69.3 cm³/mol. The summed E-state index contributed by atoms with van der Waals surface area (Å²) in [6.45, 7) is 0.0914. The fraction of sp³-hybridized carbons (Fsp3) is 0.286. The number of ether oxygens (including phenoxy) is 1. The van der Waals surface area contributed by atoms with Crippen LogP contribution in [0, 0.1) is 12.3 Å². The number of aliphatic carboxylic acids is 1. The van der Waals surface area contributed by atoms with Crippen molar-refractivity contribution in [3.05, 3.63) is 35.9 Å². The van der Waals surface area contributed by atoms with Crippen molar-refractivity contribution >= 4 is 12.1 Å². The molecule has 1 atom stereocenters. The van der Waals surface area contributed by atoms with Crippen LogP contribution in [0.25, 0.3) is 0 Å². The van der Waals surface area contributed by atoms with Gasteiger partial charge in [0.2, 0.25) is 0 Å². The number of hydrogen-bond acceptors (Lipinski definition) is 3. The quantitative estimate of drug-likeness (QED) is 0.765. The Morgan fingerprint density at radius 1 is 1.37 bits per heavy atom. The summed E-state index contributed by atoms with van der Waals surface area (Å²) in [6, 6.07) is 8.08. The lowest BCUT2D eigenvalue weighted by Gasteiger charge is -2.13. The molecule has 0 aromatic heterocycles. The molecule has 2 N–H and O–H groups in total. The molecule has 0 fully saturated rings. The highest BCUT2D eigenvalue weighted by Gasteiger charge is 2.19.